The first-order valence-electron chi connectivity index (χ1n) is 6.87. The van der Waals surface area contributed by atoms with Crippen LogP contribution in [0.5, 0.6) is 11.5 Å². The molecule has 2 rings (SSSR count). The van der Waals surface area contributed by atoms with E-state index in [1.165, 1.54) is 0 Å². The minimum Gasteiger partial charge on any atom is -0.456 e. The Bertz CT molecular complexity index is 583. The molecule has 2 aromatic carbocycles. The number of benzene rings is 2. The molecule has 1 unspecified atom stereocenters. The molecule has 0 radical (unpaired) electrons. The summed E-state index contributed by atoms with van der Waals surface area (Å²) in [5.74, 6) is 1.49. The van der Waals surface area contributed by atoms with Gasteiger partial charge in [-0.25, -0.2) is 0 Å². The van der Waals surface area contributed by atoms with E-state index >= 15 is 0 Å². The summed E-state index contributed by atoms with van der Waals surface area (Å²) in [6.07, 6.45) is 0. The molecule has 2 aromatic rings. The van der Waals surface area contributed by atoms with Crippen molar-refractivity contribution in [2.45, 2.75) is 26.8 Å². The SMILES string of the molecule is CCNC(C)c1ccc(Oc2cccc(C)c2)c(Cl)c1. The van der Waals surface area contributed by atoms with Gasteiger partial charge in [0, 0.05) is 6.04 Å². The molecule has 20 heavy (non-hydrogen) atoms. The molecule has 1 atom stereocenters. The van der Waals surface area contributed by atoms with E-state index in [-0.39, 0.29) is 6.04 Å². The van der Waals surface area contributed by atoms with Crippen LogP contribution >= 0.6 is 11.6 Å². The summed E-state index contributed by atoms with van der Waals surface area (Å²) in [7, 11) is 0. The van der Waals surface area contributed by atoms with Gasteiger partial charge in [-0.1, -0.05) is 36.7 Å². The second kappa shape index (κ2) is 6.78. The van der Waals surface area contributed by atoms with Crippen LogP contribution in [0.4, 0.5) is 0 Å². The van der Waals surface area contributed by atoms with Gasteiger partial charge >= 0.3 is 0 Å². The lowest BCUT2D eigenvalue weighted by Gasteiger charge is -2.15. The molecule has 0 aliphatic carbocycles. The fourth-order valence-electron chi connectivity index (χ4n) is 2.10. The highest BCUT2D eigenvalue weighted by molar-refractivity contribution is 6.32. The Hall–Kier alpha value is -1.51. The van der Waals surface area contributed by atoms with Crippen LogP contribution in [0.1, 0.15) is 31.0 Å². The Kier molecular flexibility index (Phi) is 5.05. The molecule has 0 heterocycles. The largest absolute Gasteiger partial charge is 0.456 e. The number of hydrogen-bond acceptors (Lipinski definition) is 2. The molecule has 3 heteroatoms. The Morgan fingerprint density at radius 2 is 2.00 bits per heavy atom. The molecule has 0 saturated heterocycles. The Morgan fingerprint density at radius 1 is 1.20 bits per heavy atom. The van der Waals surface area contributed by atoms with Crippen LogP contribution in [0.3, 0.4) is 0 Å². The van der Waals surface area contributed by atoms with Gasteiger partial charge in [0.2, 0.25) is 0 Å². The number of aryl methyl sites for hydroxylation is 1. The van der Waals surface area contributed by atoms with Gasteiger partial charge in [0.1, 0.15) is 11.5 Å². The van der Waals surface area contributed by atoms with Crippen molar-refractivity contribution in [3.63, 3.8) is 0 Å². The van der Waals surface area contributed by atoms with Gasteiger partial charge in [-0.15, -0.1) is 0 Å². The zero-order valence-corrected chi connectivity index (χ0v) is 12.9. The lowest BCUT2D eigenvalue weighted by Crippen LogP contribution is -2.17. The average molecular weight is 290 g/mol. The minimum absolute atomic E-state index is 0.283. The van der Waals surface area contributed by atoms with Crippen molar-refractivity contribution in [2.75, 3.05) is 6.54 Å². The van der Waals surface area contributed by atoms with Crippen molar-refractivity contribution >= 4 is 11.6 Å². The maximum absolute atomic E-state index is 6.31. The molecule has 0 aromatic heterocycles. The van der Waals surface area contributed by atoms with Crippen molar-refractivity contribution in [3.05, 3.63) is 58.6 Å². The molecule has 0 aliphatic rings. The molecule has 0 bridgehead atoms. The predicted octanol–water partition coefficient (Wildman–Crippen LogP) is 5.11. The Morgan fingerprint density at radius 3 is 2.65 bits per heavy atom. The summed E-state index contributed by atoms with van der Waals surface area (Å²) in [5.41, 5.74) is 2.32. The van der Waals surface area contributed by atoms with E-state index < -0.39 is 0 Å². The number of nitrogens with one attached hydrogen (secondary N) is 1. The van der Waals surface area contributed by atoms with Crippen molar-refractivity contribution in [1.29, 1.82) is 0 Å². The first kappa shape index (κ1) is 14.9. The van der Waals surface area contributed by atoms with Crippen LogP contribution in [0.15, 0.2) is 42.5 Å². The smallest absolute Gasteiger partial charge is 0.146 e. The summed E-state index contributed by atoms with van der Waals surface area (Å²) >= 11 is 6.31. The highest BCUT2D eigenvalue weighted by Crippen LogP contribution is 2.31. The van der Waals surface area contributed by atoms with Crippen molar-refractivity contribution in [3.8, 4) is 11.5 Å². The third-order valence-electron chi connectivity index (χ3n) is 3.18. The lowest BCUT2D eigenvalue weighted by molar-refractivity contribution is 0.481. The quantitative estimate of drug-likeness (QED) is 0.826. The molecule has 0 fully saturated rings. The van der Waals surface area contributed by atoms with Gasteiger partial charge in [-0.2, -0.15) is 0 Å². The standard InChI is InChI=1S/C17H20ClNO/c1-4-19-13(3)14-8-9-17(16(18)11-14)20-15-7-5-6-12(2)10-15/h5-11,13,19H,4H2,1-3H3. The molecule has 1 N–H and O–H groups in total. The van der Waals surface area contributed by atoms with Crippen LogP contribution in [0, 0.1) is 6.92 Å². The van der Waals surface area contributed by atoms with E-state index in [2.05, 4.69) is 19.2 Å². The van der Waals surface area contributed by atoms with Gasteiger partial charge in [0.25, 0.3) is 0 Å². The van der Waals surface area contributed by atoms with Crippen LogP contribution in [-0.2, 0) is 0 Å². The molecule has 0 spiro atoms. The Labute approximate surface area is 125 Å². The van der Waals surface area contributed by atoms with Crippen molar-refractivity contribution < 1.29 is 4.74 Å². The van der Waals surface area contributed by atoms with Gasteiger partial charge in [0.15, 0.2) is 0 Å². The minimum atomic E-state index is 0.283. The third kappa shape index (κ3) is 3.75. The number of hydrogen-bond donors (Lipinski definition) is 1. The monoisotopic (exact) mass is 289 g/mol. The molecule has 106 valence electrons. The van der Waals surface area contributed by atoms with E-state index in [1.54, 1.807) is 0 Å². The number of rotatable bonds is 5. The van der Waals surface area contributed by atoms with Crippen LogP contribution in [-0.4, -0.2) is 6.54 Å². The summed E-state index contributed by atoms with van der Waals surface area (Å²) in [5, 5.41) is 4.00. The van der Waals surface area contributed by atoms with E-state index in [0.717, 1.165) is 23.4 Å². The number of halogens is 1. The van der Waals surface area contributed by atoms with Gasteiger partial charge < -0.3 is 10.1 Å². The molecular weight excluding hydrogens is 270 g/mol. The second-order valence-electron chi connectivity index (χ2n) is 4.89. The van der Waals surface area contributed by atoms with Gasteiger partial charge in [0.05, 0.1) is 5.02 Å². The zero-order chi connectivity index (χ0) is 14.5. The van der Waals surface area contributed by atoms with E-state index in [9.17, 15) is 0 Å². The van der Waals surface area contributed by atoms with Crippen molar-refractivity contribution in [2.24, 2.45) is 0 Å². The summed E-state index contributed by atoms with van der Waals surface area (Å²) in [6, 6.07) is 14.1. The summed E-state index contributed by atoms with van der Waals surface area (Å²) in [6.45, 7) is 7.18. The normalized spacial score (nSPS) is 12.2. The lowest BCUT2D eigenvalue weighted by atomic mass is 10.1. The molecule has 0 aliphatic heterocycles. The molecular formula is C17H20ClNO. The topological polar surface area (TPSA) is 21.3 Å². The maximum atomic E-state index is 6.31. The maximum Gasteiger partial charge on any atom is 0.146 e. The van der Waals surface area contributed by atoms with Crippen LogP contribution in [0.25, 0.3) is 0 Å². The fourth-order valence-corrected chi connectivity index (χ4v) is 2.33. The predicted molar refractivity (Wildman–Crippen MR) is 84.8 cm³/mol. The van der Waals surface area contributed by atoms with Crippen LogP contribution < -0.4 is 10.1 Å². The van der Waals surface area contributed by atoms with E-state index in [0.29, 0.717) is 10.8 Å². The van der Waals surface area contributed by atoms with Gasteiger partial charge in [-0.05, 0) is 55.8 Å². The first-order chi connectivity index (χ1) is 9.60. The van der Waals surface area contributed by atoms with E-state index in [4.69, 9.17) is 16.3 Å². The third-order valence-corrected chi connectivity index (χ3v) is 3.48. The van der Waals surface area contributed by atoms with Crippen LogP contribution in [0.2, 0.25) is 5.02 Å². The first-order valence-corrected chi connectivity index (χ1v) is 7.25. The second-order valence-corrected chi connectivity index (χ2v) is 5.29. The van der Waals surface area contributed by atoms with Gasteiger partial charge in [-0.3, -0.25) is 0 Å². The van der Waals surface area contributed by atoms with E-state index in [1.807, 2.05) is 49.4 Å². The number of ether oxygens (including phenoxy) is 1. The zero-order valence-electron chi connectivity index (χ0n) is 12.1. The molecule has 0 amide bonds. The average Bonchev–Trinajstić information content (AvgIpc) is 2.41. The molecule has 2 nitrogen and oxygen atoms in total. The summed E-state index contributed by atoms with van der Waals surface area (Å²) < 4.78 is 5.83. The fraction of sp³-hybridized carbons (Fsp3) is 0.294. The van der Waals surface area contributed by atoms with Crippen molar-refractivity contribution in [1.82, 2.24) is 5.32 Å². The summed E-state index contributed by atoms with van der Waals surface area (Å²) in [4.78, 5) is 0. The molecule has 0 saturated carbocycles. The highest BCUT2D eigenvalue weighted by Gasteiger charge is 2.08. The highest BCUT2D eigenvalue weighted by atomic mass is 35.5. The Balaban J connectivity index is 2.17.